The van der Waals surface area contributed by atoms with Gasteiger partial charge in [0.1, 0.15) is 11.2 Å². The molecule has 0 spiro atoms. The average Bonchev–Trinajstić information content (AvgIpc) is 3.68. The Morgan fingerprint density at radius 1 is 0.696 bits per heavy atom. The molecular formula is C34H63N5O7. The molecule has 1 N–H and O–H groups in total. The first-order valence-corrected chi connectivity index (χ1v) is 17.4. The van der Waals surface area contributed by atoms with E-state index < -0.39 is 17.3 Å². The van der Waals surface area contributed by atoms with Gasteiger partial charge in [0.25, 0.3) is 0 Å². The number of hydrogen-bond donors (Lipinski definition) is 1. The van der Waals surface area contributed by atoms with Gasteiger partial charge in [0.15, 0.2) is 5.78 Å². The minimum absolute atomic E-state index is 0.103. The third-order valence-corrected chi connectivity index (χ3v) is 8.46. The predicted molar refractivity (Wildman–Crippen MR) is 178 cm³/mol. The van der Waals surface area contributed by atoms with Gasteiger partial charge in [-0.3, -0.25) is 14.6 Å². The van der Waals surface area contributed by atoms with Crippen molar-refractivity contribution in [1.29, 1.82) is 0 Å². The maximum absolute atomic E-state index is 12.1. The summed E-state index contributed by atoms with van der Waals surface area (Å²) in [6, 6.07) is 1.20. The van der Waals surface area contributed by atoms with Crippen LogP contribution in [0.3, 0.4) is 0 Å². The van der Waals surface area contributed by atoms with E-state index in [9.17, 15) is 14.4 Å². The molecule has 6 atom stereocenters. The van der Waals surface area contributed by atoms with E-state index in [1.807, 2.05) is 46.4 Å². The predicted octanol–water partition coefficient (Wildman–Crippen LogP) is 3.76. The molecule has 2 amide bonds. The lowest BCUT2D eigenvalue weighted by Crippen LogP contribution is -2.51. The first-order valence-electron chi connectivity index (χ1n) is 17.4. The number of likely N-dealkylation sites (tertiary alicyclic amines) is 2. The number of ether oxygens (including phenoxy) is 4. The van der Waals surface area contributed by atoms with E-state index in [1.165, 1.54) is 24.4 Å². The van der Waals surface area contributed by atoms with Crippen molar-refractivity contribution in [1.82, 2.24) is 24.9 Å². The summed E-state index contributed by atoms with van der Waals surface area (Å²) in [4.78, 5) is 42.6. The second-order valence-corrected chi connectivity index (χ2v) is 15.6. The fourth-order valence-electron chi connectivity index (χ4n) is 6.63. The summed E-state index contributed by atoms with van der Waals surface area (Å²) in [6.07, 6.45) is 3.57. The molecule has 2 unspecified atom stereocenters. The van der Waals surface area contributed by atoms with Gasteiger partial charge in [0.05, 0.1) is 31.0 Å². The zero-order valence-electron chi connectivity index (χ0n) is 30.3. The van der Waals surface area contributed by atoms with Crippen LogP contribution in [0.1, 0.15) is 88.5 Å². The Morgan fingerprint density at radius 2 is 1.17 bits per heavy atom. The van der Waals surface area contributed by atoms with Gasteiger partial charge in [-0.1, -0.05) is 0 Å². The Kier molecular flexibility index (Phi) is 14.1. The number of carbonyl (C=O) groups is 3. The van der Waals surface area contributed by atoms with Crippen LogP contribution in [0.5, 0.6) is 0 Å². The van der Waals surface area contributed by atoms with Crippen LogP contribution in [-0.2, 0) is 23.7 Å². The zero-order chi connectivity index (χ0) is 34.2. The van der Waals surface area contributed by atoms with Crippen molar-refractivity contribution in [3.8, 4) is 0 Å². The van der Waals surface area contributed by atoms with Crippen LogP contribution in [-0.4, -0.2) is 151 Å². The molecule has 5 rings (SSSR count). The van der Waals surface area contributed by atoms with E-state index in [2.05, 4.69) is 42.8 Å². The molecule has 5 aliphatic heterocycles. The molecule has 0 saturated carbocycles. The summed E-state index contributed by atoms with van der Waals surface area (Å²) in [5, 5.41) is 3.42. The fourth-order valence-corrected chi connectivity index (χ4v) is 6.63. The summed E-state index contributed by atoms with van der Waals surface area (Å²) < 4.78 is 22.0. The summed E-state index contributed by atoms with van der Waals surface area (Å²) in [5.41, 5.74) is -0.903. The molecule has 5 heterocycles. The smallest absolute Gasteiger partial charge is 0.410 e. The van der Waals surface area contributed by atoms with Crippen LogP contribution < -0.4 is 5.32 Å². The zero-order valence-corrected chi connectivity index (χ0v) is 30.3. The lowest BCUT2D eigenvalue weighted by atomic mass is 10.1. The summed E-state index contributed by atoms with van der Waals surface area (Å²) in [5.74, 6) is 0.103. The topological polar surface area (TPSA) is 113 Å². The molecule has 0 bridgehead atoms. The minimum atomic E-state index is -0.483. The van der Waals surface area contributed by atoms with Crippen LogP contribution in [0.15, 0.2) is 0 Å². The van der Waals surface area contributed by atoms with E-state index >= 15 is 0 Å². The first kappa shape index (κ1) is 38.5. The van der Waals surface area contributed by atoms with Crippen molar-refractivity contribution in [2.45, 2.75) is 136 Å². The monoisotopic (exact) mass is 653 g/mol. The van der Waals surface area contributed by atoms with Crippen molar-refractivity contribution >= 4 is 18.0 Å². The third-order valence-electron chi connectivity index (χ3n) is 8.46. The molecule has 5 aliphatic rings. The number of rotatable bonds is 2. The molecule has 0 aromatic heterocycles. The molecule has 12 nitrogen and oxygen atoms in total. The van der Waals surface area contributed by atoms with E-state index in [0.717, 1.165) is 51.7 Å². The number of Topliss-reactive ketones (excluding diaryl/α,β-unsaturated/α-hetero) is 1. The summed E-state index contributed by atoms with van der Waals surface area (Å²) >= 11 is 0. The van der Waals surface area contributed by atoms with Gasteiger partial charge in [0.2, 0.25) is 0 Å². The maximum atomic E-state index is 12.1. The molecule has 0 aromatic rings. The number of hydrogen-bond acceptors (Lipinski definition) is 10. The van der Waals surface area contributed by atoms with Crippen LogP contribution in [0.25, 0.3) is 0 Å². The Labute approximate surface area is 277 Å². The molecule has 12 heteroatoms. The Balaban J connectivity index is 0.000000195. The first-order chi connectivity index (χ1) is 21.4. The van der Waals surface area contributed by atoms with Crippen molar-refractivity contribution in [3.63, 3.8) is 0 Å². The highest BCUT2D eigenvalue weighted by Gasteiger charge is 2.36. The highest BCUT2D eigenvalue weighted by atomic mass is 16.6. The number of carbonyl (C=O) groups excluding carboxylic acids is 3. The lowest BCUT2D eigenvalue weighted by Gasteiger charge is -2.38. The lowest BCUT2D eigenvalue weighted by molar-refractivity contribution is -0.117. The summed E-state index contributed by atoms with van der Waals surface area (Å²) in [6.45, 7) is 28.5. The number of morpholine rings is 2. The van der Waals surface area contributed by atoms with Gasteiger partial charge in [-0.15, -0.1) is 0 Å². The Morgan fingerprint density at radius 3 is 1.59 bits per heavy atom. The molecule has 5 fully saturated rings. The van der Waals surface area contributed by atoms with Crippen molar-refractivity contribution in [3.05, 3.63) is 0 Å². The van der Waals surface area contributed by atoms with Crippen molar-refractivity contribution < 1.29 is 33.3 Å². The van der Waals surface area contributed by atoms with Crippen LogP contribution in [0.4, 0.5) is 9.59 Å². The minimum Gasteiger partial charge on any atom is -0.444 e. The SMILES string of the molecule is CC(C)(C)OC(=O)N1CCC(=O)C1.C[C@@H]1CN(C2CCN(C(=O)OC(C)(C)C)C2)C[C@H](C)O1.C[C@@H]1CN(C2CCNC2)C[C@H](C)O1. The molecule has 0 aliphatic carbocycles. The molecule has 0 radical (unpaired) electrons. The molecule has 46 heavy (non-hydrogen) atoms. The van der Waals surface area contributed by atoms with Gasteiger partial charge in [-0.2, -0.15) is 0 Å². The van der Waals surface area contributed by atoms with E-state index in [4.69, 9.17) is 18.9 Å². The van der Waals surface area contributed by atoms with Crippen LogP contribution in [0, 0.1) is 0 Å². The van der Waals surface area contributed by atoms with E-state index in [0.29, 0.717) is 31.2 Å². The maximum Gasteiger partial charge on any atom is 0.410 e. The van der Waals surface area contributed by atoms with E-state index in [-0.39, 0.29) is 30.6 Å². The van der Waals surface area contributed by atoms with Gasteiger partial charge < -0.3 is 34.1 Å². The number of ketones is 1. The highest BCUT2D eigenvalue weighted by molar-refractivity contribution is 5.87. The number of nitrogens with one attached hydrogen (secondary N) is 1. The average molecular weight is 654 g/mol. The quantitative estimate of drug-likeness (QED) is 0.473. The standard InChI is InChI=1S/C15H28N2O3.C10H20N2O.C9H15NO3/c1-11-8-17(9-12(2)19-11)13-6-7-16(10-13)14(18)20-15(3,4)5;1-8-6-12(7-9(2)13-8)10-3-4-11-5-10;1-9(2,3)13-8(12)10-5-4-7(11)6-10/h11-13H,6-10H2,1-5H3;8-11H,3-7H2,1-2H3;4-6H2,1-3H3/t11-,12+,13?;8-,9+,10?;. The normalized spacial score (nSPS) is 31.1. The Bertz CT molecular complexity index is 973. The van der Waals surface area contributed by atoms with Gasteiger partial charge >= 0.3 is 12.2 Å². The van der Waals surface area contributed by atoms with Gasteiger partial charge in [-0.05, 0) is 88.6 Å². The van der Waals surface area contributed by atoms with Crippen LogP contribution >= 0.6 is 0 Å². The van der Waals surface area contributed by atoms with Gasteiger partial charge in [-0.25, -0.2) is 9.59 Å². The van der Waals surface area contributed by atoms with Crippen LogP contribution in [0.2, 0.25) is 0 Å². The molecular weight excluding hydrogens is 590 g/mol. The fraction of sp³-hybridized carbons (Fsp3) is 0.912. The van der Waals surface area contributed by atoms with Crippen molar-refractivity contribution in [2.75, 3.05) is 65.4 Å². The molecule has 266 valence electrons. The highest BCUT2D eigenvalue weighted by Crippen LogP contribution is 2.23. The summed E-state index contributed by atoms with van der Waals surface area (Å²) in [7, 11) is 0. The van der Waals surface area contributed by atoms with E-state index in [1.54, 1.807) is 0 Å². The Hall–Kier alpha value is -1.99. The van der Waals surface area contributed by atoms with Crippen molar-refractivity contribution in [2.24, 2.45) is 0 Å². The third kappa shape index (κ3) is 13.3. The largest absolute Gasteiger partial charge is 0.444 e. The van der Waals surface area contributed by atoms with Gasteiger partial charge in [0, 0.05) is 70.9 Å². The number of nitrogens with zero attached hydrogens (tertiary/aromatic N) is 4. The molecule has 5 saturated heterocycles. The number of amides is 2. The second kappa shape index (κ2) is 16.9. The molecule has 0 aromatic carbocycles. The second-order valence-electron chi connectivity index (χ2n) is 15.6.